The van der Waals surface area contributed by atoms with Crippen LogP contribution in [0.3, 0.4) is 0 Å². The van der Waals surface area contributed by atoms with E-state index in [4.69, 9.17) is 0 Å². The van der Waals surface area contributed by atoms with Crippen molar-refractivity contribution in [3.05, 3.63) is 84.2 Å². The van der Waals surface area contributed by atoms with Crippen molar-refractivity contribution in [2.75, 3.05) is 11.4 Å². The van der Waals surface area contributed by atoms with E-state index < -0.39 is 29.6 Å². The number of pyridine rings is 1. The molecule has 0 saturated heterocycles. The first-order chi connectivity index (χ1) is 18.1. The number of carbonyl (C=O) groups excluding carboxylic acids is 2. The predicted molar refractivity (Wildman–Crippen MR) is 136 cm³/mol. The van der Waals surface area contributed by atoms with Crippen molar-refractivity contribution in [3.63, 3.8) is 0 Å². The number of hydrogen-bond acceptors (Lipinski definition) is 5. The molecule has 0 bridgehead atoms. The van der Waals surface area contributed by atoms with Crippen molar-refractivity contribution in [1.82, 2.24) is 25.3 Å². The van der Waals surface area contributed by atoms with Crippen LogP contribution in [0.5, 0.6) is 0 Å². The van der Waals surface area contributed by atoms with Crippen LogP contribution in [-0.2, 0) is 22.3 Å². The molecule has 0 aliphatic rings. The first-order valence-electron chi connectivity index (χ1n) is 12.1. The summed E-state index contributed by atoms with van der Waals surface area (Å²) in [5.41, 5.74) is 0.522. The smallest absolute Gasteiger partial charge is 0.354 e. The summed E-state index contributed by atoms with van der Waals surface area (Å²) in [5.74, 6) is -0.844. The second-order valence-electron chi connectivity index (χ2n) is 9.20. The molecule has 0 saturated carbocycles. The van der Waals surface area contributed by atoms with Crippen LogP contribution in [0.1, 0.15) is 37.4 Å². The summed E-state index contributed by atoms with van der Waals surface area (Å²) in [5, 5.41) is 10.9. The average molecular weight is 525 g/mol. The zero-order valence-electron chi connectivity index (χ0n) is 20.9. The number of para-hydroxylation sites is 1. The van der Waals surface area contributed by atoms with Gasteiger partial charge in [-0.2, -0.15) is 13.2 Å². The van der Waals surface area contributed by atoms with E-state index >= 15 is 0 Å². The van der Waals surface area contributed by atoms with E-state index in [1.54, 1.807) is 36.4 Å². The van der Waals surface area contributed by atoms with Gasteiger partial charge in [-0.1, -0.05) is 37.3 Å². The van der Waals surface area contributed by atoms with Gasteiger partial charge in [0, 0.05) is 24.6 Å². The minimum absolute atomic E-state index is 0.0740. The summed E-state index contributed by atoms with van der Waals surface area (Å²) < 4.78 is 42.2. The van der Waals surface area contributed by atoms with Crippen LogP contribution in [0, 0.1) is 5.92 Å². The lowest BCUT2D eigenvalue weighted by molar-refractivity contribution is -0.137. The normalized spacial score (nSPS) is 12.5. The van der Waals surface area contributed by atoms with Gasteiger partial charge in [-0.3, -0.25) is 19.5 Å². The third kappa shape index (κ3) is 6.16. The number of halogens is 3. The minimum Gasteiger partial charge on any atom is -0.354 e. The number of benzene rings is 2. The molecule has 11 heteroatoms. The largest absolute Gasteiger partial charge is 0.416 e. The Labute approximate surface area is 217 Å². The van der Waals surface area contributed by atoms with Gasteiger partial charge in [0.1, 0.15) is 18.1 Å². The molecule has 4 rings (SSSR count). The molecule has 0 spiro atoms. The van der Waals surface area contributed by atoms with E-state index in [0.717, 1.165) is 17.0 Å². The van der Waals surface area contributed by atoms with Gasteiger partial charge in [-0.05, 0) is 60.4 Å². The van der Waals surface area contributed by atoms with Gasteiger partial charge < -0.3 is 5.32 Å². The number of amides is 2. The molecule has 8 nitrogen and oxygen atoms in total. The highest BCUT2D eigenvalue weighted by Crippen LogP contribution is 2.35. The Balaban J connectivity index is 1.80. The molecule has 1 unspecified atom stereocenters. The Bertz CT molecular complexity index is 1400. The molecule has 1 atom stereocenters. The lowest BCUT2D eigenvalue weighted by Crippen LogP contribution is -2.45. The maximum atomic E-state index is 13.9. The zero-order chi connectivity index (χ0) is 27.3. The molecule has 2 amide bonds. The Morgan fingerprint density at radius 1 is 1.03 bits per heavy atom. The second kappa shape index (κ2) is 11.4. The number of aromatic nitrogens is 4. The number of alkyl halides is 3. The van der Waals surface area contributed by atoms with E-state index in [0.29, 0.717) is 35.5 Å². The van der Waals surface area contributed by atoms with E-state index in [1.165, 1.54) is 29.2 Å². The SMILES string of the molecule is CC(C)CCNC(=O)C(c1ccncc1)N(C(=O)Cn1nnc2ccccc21)c1cccc(C(F)(F)F)c1. The summed E-state index contributed by atoms with van der Waals surface area (Å²) in [7, 11) is 0. The summed E-state index contributed by atoms with van der Waals surface area (Å²) in [6, 6.07) is 13.2. The van der Waals surface area contributed by atoms with Gasteiger partial charge in [0.2, 0.25) is 11.8 Å². The van der Waals surface area contributed by atoms with E-state index in [1.807, 2.05) is 13.8 Å². The number of carbonyl (C=O) groups is 2. The molecule has 2 aromatic carbocycles. The van der Waals surface area contributed by atoms with Crippen LogP contribution in [0.4, 0.5) is 18.9 Å². The third-order valence-corrected chi connectivity index (χ3v) is 5.97. The standard InChI is InChI=1S/C27H27F3N6O2/c1-18(2)10-15-32-26(38)25(19-11-13-31-14-12-19)36(21-7-5-6-20(16-21)27(28,29)30)24(37)17-35-23-9-4-3-8-22(23)33-34-35/h3-9,11-14,16,18,25H,10,15,17H2,1-2H3,(H,32,38). The van der Waals surface area contributed by atoms with Gasteiger partial charge in [0.05, 0.1) is 11.1 Å². The fourth-order valence-corrected chi connectivity index (χ4v) is 4.05. The molecule has 0 radical (unpaired) electrons. The van der Waals surface area contributed by atoms with Crippen LogP contribution >= 0.6 is 0 Å². The highest BCUT2D eigenvalue weighted by molar-refractivity contribution is 6.01. The second-order valence-corrected chi connectivity index (χ2v) is 9.20. The Morgan fingerprint density at radius 3 is 2.47 bits per heavy atom. The molecule has 0 aliphatic heterocycles. The zero-order valence-corrected chi connectivity index (χ0v) is 20.9. The Morgan fingerprint density at radius 2 is 1.76 bits per heavy atom. The first kappa shape index (κ1) is 26.8. The lowest BCUT2D eigenvalue weighted by atomic mass is 10.0. The van der Waals surface area contributed by atoms with Gasteiger partial charge >= 0.3 is 6.18 Å². The fourth-order valence-electron chi connectivity index (χ4n) is 4.05. The monoisotopic (exact) mass is 524 g/mol. The summed E-state index contributed by atoms with van der Waals surface area (Å²) in [6.07, 6.45) is -1.03. The van der Waals surface area contributed by atoms with Crippen LogP contribution < -0.4 is 10.2 Å². The molecule has 1 N–H and O–H groups in total. The van der Waals surface area contributed by atoms with E-state index in [-0.39, 0.29) is 12.2 Å². The minimum atomic E-state index is -4.64. The van der Waals surface area contributed by atoms with Crippen molar-refractivity contribution in [2.45, 2.75) is 39.0 Å². The molecule has 0 fully saturated rings. The van der Waals surface area contributed by atoms with Crippen LogP contribution in [0.25, 0.3) is 11.0 Å². The van der Waals surface area contributed by atoms with E-state index in [9.17, 15) is 22.8 Å². The Hall–Kier alpha value is -4.28. The number of anilines is 1. The number of nitrogens with zero attached hydrogens (tertiary/aromatic N) is 5. The molecule has 2 heterocycles. The van der Waals surface area contributed by atoms with Crippen molar-refractivity contribution in [3.8, 4) is 0 Å². The van der Waals surface area contributed by atoms with Crippen molar-refractivity contribution in [2.24, 2.45) is 5.92 Å². The molecule has 198 valence electrons. The van der Waals surface area contributed by atoms with Crippen LogP contribution in [0.15, 0.2) is 73.1 Å². The maximum absolute atomic E-state index is 13.9. The number of nitrogens with one attached hydrogen (secondary N) is 1. The topological polar surface area (TPSA) is 93.0 Å². The average Bonchev–Trinajstić information content (AvgIpc) is 3.29. The van der Waals surface area contributed by atoms with Gasteiger partial charge in [0.15, 0.2) is 0 Å². The van der Waals surface area contributed by atoms with Gasteiger partial charge in [-0.25, -0.2) is 4.68 Å². The summed E-state index contributed by atoms with van der Waals surface area (Å²) in [6.45, 7) is 4.01. The van der Waals surface area contributed by atoms with Gasteiger partial charge in [0.25, 0.3) is 0 Å². The lowest BCUT2D eigenvalue weighted by Gasteiger charge is -2.32. The van der Waals surface area contributed by atoms with E-state index in [2.05, 4.69) is 20.6 Å². The molecular weight excluding hydrogens is 497 g/mol. The third-order valence-electron chi connectivity index (χ3n) is 5.97. The number of rotatable bonds is 9. The number of fused-ring (bicyclic) bond motifs is 1. The van der Waals surface area contributed by atoms with Crippen molar-refractivity contribution >= 4 is 28.5 Å². The molecule has 2 aromatic heterocycles. The summed E-state index contributed by atoms with van der Waals surface area (Å²) in [4.78, 5) is 32.5. The summed E-state index contributed by atoms with van der Waals surface area (Å²) >= 11 is 0. The quantitative estimate of drug-likeness (QED) is 0.340. The van der Waals surface area contributed by atoms with Crippen LogP contribution in [-0.4, -0.2) is 38.3 Å². The molecule has 38 heavy (non-hydrogen) atoms. The molecule has 4 aromatic rings. The predicted octanol–water partition coefficient (Wildman–Crippen LogP) is 4.78. The molecule has 0 aliphatic carbocycles. The maximum Gasteiger partial charge on any atom is 0.416 e. The molecular formula is C27H27F3N6O2. The van der Waals surface area contributed by atoms with Crippen molar-refractivity contribution < 1.29 is 22.8 Å². The van der Waals surface area contributed by atoms with Gasteiger partial charge in [-0.15, -0.1) is 5.10 Å². The highest BCUT2D eigenvalue weighted by Gasteiger charge is 2.36. The highest BCUT2D eigenvalue weighted by atomic mass is 19.4. The van der Waals surface area contributed by atoms with Crippen molar-refractivity contribution in [1.29, 1.82) is 0 Å². The number of hydrogen-bond donors (Lipinski definition) is 1. The van der Waals surface area contributed by atoms with Crippen LogP contribution in [0.2, 0.25) is 0 Å². The fraction of sp³-hybridized carbons (Fsp3) is 0.296. The first-order valence-corrected chi connectivity index (χ1v) is 12.1. The Kier molecular flexibility index (Phi) is 8.04.